The van der Waals surface area contributed by atoms with Gasteiger partial charge in [-0.2, -0.15) is 0 Å². The molecule has 0 radical (unpaired) electrons. The zero-order chi connectivity index (χ0) is 18.7. The van der Waals surface area contributed by atoms with Crippen LogP contribution in [0.25, 0.3) is 6.08 Å². The number of benzene rings is 2. The molecule has 0 aliphatic carbocycles. The second-order valence-corrected chi connectivity index (χ2v) is 9.12. The minimum absolute atomic E-state index is 0.177. The molecule has 1 atom stereocenters. The maximum Gasteiger partial charge on any atom is 0.246 e. The van der Waals surface area contributed by atoms with E-state index in [0.717, 1.165) is 5.56 Å². The Morgan fingerprint density at radius 3 is 2.46 bits per heavy atom. The van der Waals surface area contributed by atoms with Crippen molar-refractivity contribution in [2.45, 2.75) is 16.6 Å². The Morgan fingerprint density at radius 1 is 1.08 bits per heavy atom. The predicted molar refractivity (Wildman–Crippen MR) is 104 cm³/mol. The summed E-state index contributed by atoms with van der Waals surface area (Å²) in [7, 11) is -3.49. The third-order valence-corrected chi connectivity index (χ3v) is 7.14. The van der Waals surface area contributed by atoms with E-state index in [1.54, 1.807) is 29.2 Å². The van der Waals surface area contributed by atoms with Crippen molar-refractivity contribution in [2.24, 2.45) is 0 Å². The number of nitrogens with zero attached hydrogens (tertiary/aromatic N) is 1. The monoisotopic (exact) mass is 409 g/mol. The van der Waals surface area contributed by atoms with Crippen molar-refractivity contribution in [3.05, 3.63) is 70.2 Å². The Hall–Kier alpha value is -1.82. The third-order valence-electron chi connectivity index (χ3n) is 4.35. The van der Waals surface area contributed by atoms with Crippen LogP contribution in [0.4, 0.5) is 0 Å². The first-order chi connectivity index (χ1) is 12.4. The second-order valence-electron chi connectivity index (χ2n) is 6.05. The van der Waals surface area contributed by atoms with Gasteiger partial charge in [0.25, 0.3) is 0 Å². The fourth-order valence-electron chi connectivity index (χ4n) is 2.88. The number of hydrogen-bond acceptors (Lipinski definition) is 3. The van der Waals surface area contributed by atoms with Crippen LogP contribution in [0.2, 0.25) is 10.0 Å². The molecule has 1 heterocycles. The van der Waals surface area contributed by atoms with Crippen LogP contribution in [0.1, 0.15) is 12.0 Å². The summed E-state index contributed by atoms with van der Waals surface area (Å²) in [6, 6.07) is 13.3. The highest BCUT2D eigenvalue weighted by Gasteiger charge is 2.35. The van der Waals surface area contributed by atoms with Crippen molar-refractivity contribution in [1.82, 2.24) is 4.90 Å². The van der Waals surface area contributed by atoms with Gasteiger partial charge in [-0.15, -0.1) is 0 Å². The first-order valence-corrected chi connectivity index (χ1v) is 10.4. The zero-order valence-corrected chi connectivity index (χ0v) is 16.1. The molecule has 1 aliphatic heterocycles. The molecule has 26 heavy (non-hydrogen) atoms. The lowest BCUT2D eigenvalue weighted by Crippen LogP contribution is -2.30. The lowest BCUT2D eigenvalue weighted by molar-refractivity contribution is -0.124. The third kappa shape index (κ3) is 4.11. The normalized spacial score (nSPS) is 17.8. The van der Waals surface area contributed by atoms with Crippen LogP contribution in [-0.2, 0) is 14.6 Å². The molecule has 7 heteroatoms. The van der Waals surface area contributed by atoms with Crippen molar-refractivity contribution in [2.75, 3.05) is 13.1 Å². The summed E-state index contributed by atoms with van der Waals surface area (Å²) >= 11 is 11.9. The van der Waals surface area contributed by atoms with Gasteiger partial charge >= 0.3 is 0 Å². The van der Waals surface area contributed by atoms with Crippen LogP contribution in [0.3, 0.4) is 0 Å². The highest BCUT2D eigenvalue weighted by molar-refractivity contribution is 7.92. The summed E-state index contributed by atoms with van der Waals surface area (Å²) in [5.41, 5.74) is 0.743. The van der Waals surface area contributed by atoms with Gasteiger partial charge in [0.2, 0.25) is 5.91 Å². The van der Waals surface area contributed by atoms with Gasteiger partial charge in [-0.05, 0) is 48.4 Å². The summed E-state index contributed by atoms with van der Waals surface area (Å²) in [5, 5.41) is 0.430. The minimum Gasteiger partial charge on any atom is -0.338 e. The number of halogens is 2. The van der Waals surface area contributed by atoms with Crippen molar-refractivity contribution in [3.63, 3.8) is 0 Å². The Bertz CT molecular complexity index is 940. The standard InChI is InChI=1S/C19H17Cl2NO3S/c20-15-6-8-16(9-7-15)26(24,25)17-11-12-22(13-17)19(23)10-5-14-3-1-2-4-18(14)21/h1-10,17H,11-13H2/b10-5+. The molecule has 3 rings (SSSR count). The van der Waals surface area contributed by atoms with Crippen molar-refractivity contribution >= 4 is 45.0 Å². The van der Waals surface area contributed by atoms with Crippen LogP contribution >= 0.6 is 23.2 Å². The lowest BCUT2D eigenvalue weighted by Gasteiger charge is -2.15. The van der Waals surface area contributed by atoms with E-state index in [-0.39, 0.29) is 17.3 Å². The van der Waals surface area contributed by atoms with E-state index >= 15 is 0 Å². The van der Waals surface area contributed by atoms with Gasteiger partial charge in [-0.25, -0.2) is 8.42 Å². The van der Waals surface area contributed by atoms with Crippen LogP contribution in [0.5, 0.6) is 0 Å². The van der Waals surface area contributed by atoms with Gasteiger partial charge in [-0.1, -0.05) is 41.4 Å². The molecule has 0 bridgehead atoms. The van der Waals surface area contributed by atoms with Gasteiger partial charge < -0.3 is 4.90 Å². The zero-order valence-electron chi connectivity index (χ0n) is 13.8. The topological polar surface area (TPSA) is 54.5 Å². The summed E-state index contributed by atoms with van der Waals surface area (Å²) in [4.78, 5) is 14.1. The van der Waals surface area contributed by atoms with Crippen LogP contribution in [0.15, 0.2) is 59.5 Å². The molecule has 0 aromatic heterocycles. The van der Waals surface area contributed by atoms with E-state index in [1.165, 1.54) is 18.2 Å². The average Bonchev–Trinajstić information content (AvgIpc) is 3.12. The fourth-order valence-corrected chi connectivity index (χ4v) is 4.89. The average molecular weight is 410 g/mol. The van der Waals surface area contributed by atoms with E-state index in [1.807, 2.05) is 18.2 Å². The first kappa shape index (κ1) is 19.0. The van der Waals surface area contributed by atoms with Crippen molar-refractivity contribution in [3.8, 4) is 0 Å². The molecule has 0 spiro atoms. The molecule has 0 saturated carbocycles. The highest BCUT2D eigenvalue weighted by atomic mass is 35.5. The smallest absolute Gasteiger partial charge is 0.246 e. The van der Waals surface area contributed by atoms with Gasteiger partial charge in [0.05, 0.1) is 10.1 Å². The maximum absolute atomic E-state index is 12.7. The number of carbonyl (C=O) groups excluding carboxylic acids is 1. The summed E-state index contributed by atoms with van der Waals surface area (Å²) in [6.45, 7) is 0.583. The summed E-state index contributed by atoms with van der Waals surface area (Å²) in [5.74, 6) is -0.223. The van der Waals surface area contributed by atoms with Crippen LogP contribution < -0.4 is 0 Å². The van der Waals surface area contributed by atoms with Gasteiger partial charge in [0, 0.05) is 29.2 Å². The van der Waals surface area contributed by atoms with Crippen LogP contribution in [0, 0.1) is 0 Å². The van der Waals surface area contributed by atoms with Gasteiger partial charge in [0.1, 0.15) is 0 Å². The van der Waals surface area contributed by atoms with Crippen molar-refractivity contribution in [1.29, 1.82) is 0 Å². The number of amides is 1. The van der Waals surface area contributed by atoms with E-state index in [2.05, 4.69) is 0 Å². The Kier molecular flexibility index (Phi) is 5.70. The number of rotatable bonds is 4. The molecule has 2 aromatic carbocycles. The Balaban J connectivity index is 1.69. The number of sulfone groups is 1. The number of likely N-dealkylation sites (tertiary alicyclic amines) is 1. The predicted octanol–water partition coefficient (Wildman–Crippen LogP) is 4.08. The van der Waals surface area contributed by atoms with E-state index in [4.69, 9.17) is 23.2 Å². The highest BCUT2D eigenvalue weighted by Crippen LogP contribution is 2.25. The second kappa shape index (κ2) is 7.82. The van der Waals surface area contributed by atoms with Crippen LogP contribution in [-0.4, -0.2) is 37.6 Å². The molecular weight excluding hydrogens is 393 g/mol. The Morgan fingerprint density at radius 2 is 1.77 bits per heavy atom. The maximum atomic E-state index is 12.7. The Labute approximate surface area is 163 Å². The van der Waals surface area contributed by atoms with Gasteiger partial charge in [-0.3, -0.25) is 4.79 Å². The fraction of sp³-hybridized carbons (Fsp3) is 0.211. The lowest BCUT2D eigenvalue weighted by atomic mass is 10.2. The molecule has 0 N–H and O–H groups in total. The molecule has 1 fully saturated rings. The SMILES string of the molecule is O=C(/C=C/c1ccccc1Cl)N1CCC(S(=O)(=O)c2ccc(Cl)cc2)C1. The summed E-state index contributed by atoms with van der Waals surface area (Å²) in [6.07, 6.45) is 3.49. The quantitative estimate of drug-likeness (QED) is 0.714. The van der Waals surface area contributed by atoms with E-state index in [9.17, 15) is 13.2 Å². The number of carbonyl (C=O) groups is 1. The molecule has 4 nitrogen and oxygen atoms in total. The largest absolute Gasteiger partial charge is 0.338 e. The molecule has 136 valence electrons. The first-order valence-electron chi connectivity index (χ1n) is 8.09. The molecule has 2 aromatic rings. The van der Waals surface area contributed by atoms with Crippen molar-refractivity contribution < 1.29 is 13.2 Å². The molecule has 1 saturated heterocycles. The minimum atomic E-state index is -3.49. The van der Waals surface area contributed by atoms with E-state index in [0.29, 0.717) is 23.0 Å². The molecule has 1 amide bonds. The molecule has 1 unspecified atom stereocenters. The summed E-state index contributed by atoms with van der Waals surface area (Å²) < 4.78 is 25.4. The number of hydrogen-bond donors (Lipinski definition) is 0. The van der Waals surface area contributed by atoms with E-state index < -0.39 is 15.1 Å². The van der Waals surface area contributed by atoms with Gasteiger partial charge in [0.15, 0.2) is 9.84 Å². The molecule has 1 aliphatic rings. The molecular formula is C19H17Cl2NO3S.